The summed E-state index contributed by atoms with van der Waals surface area (Å²) in [6.07, 6.45) is 7.16. The van der Waals surface area contributed by atoms with Crippen LogP contribution in [0.15, 0.2) is 0 Å². The van der Waals surface area contributed by atoms with Gasteiger partial charge >= 0.3 is 6.03 Å². The molecule has 4 fully saturated rings. The van der Waals surface area contributed by atoms with Gasteiger partial charge in [-0.15, -0.1) is 0 Å². The summed E-state index contributed by atoms with van der Waals surface area (Å²) in [7, 11) is 0. The molecule has 0 spiro atoms. The SMILES string of the molecule is O=C([O-])CNC(=O)NC12CC3CC(CC(C3)C1)C2. The summed E-state index contributed by atoms with van der Waals surface area (Å²) in [5.41, 5.74) is -0.0647. The highest BCUT2D eigenvalue weighted by atomic mass is 16.4. The first kappa shape index (κ1) is 11.8. The van der Waals surface area contributed by atoms with Gasteiger partial charge in [-0.2, -0.15) is 0 Å². The molecule has 5 heteroatoms. The zero-order valence-electron chi connectivity index (χ0n) is 10.4. The molecule has 2 amide bonds. The number of carbonyl (C=O) groups is 2. The Morgan fingerprint density at radius 1 is 1.06 bits per heavy atom. The molecule has 0 aromatic rings. The number of hydrogen-bond donors (Lipinski definition) is 2. The number of nitrogens with one attached hydrogen (secondary N) is 2. The van der Waals surface area contributed by atoms with Crippen molar-refractivity contribution in [2.75, 3.05) is 6.54 Å². The monoisotopic (exact) mass is 251 g/mol. The van der Waals surface area contributed by atoms with Gasteiger partial charge in [-0.1, -0.05) is 0 Å². The van der Waals surface area contributed by atoms with Crippen molar-refractivity contribution in [2.24, 2.45) is 17.8 Å². The van der Waals surface area contributed by atoms with Crippen LogP contribution in [0.5, 0.6) is 0 Å². The van der Waals surface area contributed by atoms with Crippen molar-refractivity contribution in [1.82, 2.24) is 10.6 Å². The van der Waals surface area contributed by atoms with Crippen molar-refractivity contribution in [3.63, 3.8) is 0 Å². The van der Waals surface area contributed by atoms with Crippen LogP contribution < -0.4 is 15.7 Å². The average Bonchev–Trinajstić information content (AvgIpc) is 2.23. The summed E-state index contributed by atoms with van der Waals surface area (Å²) in [4.78, 5) is 22.0. The van der Waals surface area contributed by atoms with Crippen LogP contribution in [0, 0.1) is 17.8 Å². The van der Waals surface area contributed by atoms with Gasteiger partial charge in [0.25, 0.3) is 0 Å². The molecule has 4 aliphatic carbocycles. The van der Waals surface area contributed by atoms with Crippen molar-refractivity contribution in [3.05, 3.63) is 0 Å². The Morgan fingerprint density at radius 2 is 1.56 bits per heavy atom. The highest BCUT2D eigenvalue weighted by Gasteiger charge is 2.51. The topological polar surface area (TPSA) is 81.3 Å². The van der Waals surface area contributed by atoms with E-state index in [9.17, 15) is 14.7 Å². The second-order valence-electron chi connectivity index (χ2n) is 6.38. The van der Waals surface area contributed by atoms with Crippen LogP contribution in [0.3, 0.4) is 0 Å². The van der Waals surface area contributed by atoms with E-state index in [-0.39, 0.29) is 11.6 Å². The minimum atomic E-state index is -1.25. The van der Waals surface area contributed by atoms with Crippen molar-refractivity contribution in [3.8, 4) is 0 Å². The number of amides is 2. The van der Waals surface area contributed by atoms with E-state index in [0.29, 0.717) is 0 Å². The van der Waals surface area contributed by atoms with E-state index in [2.05, 4.69) is 10.6 Å². The summed E-state index contributed by atoms with van der Waals surface area (Å²) in [6.45, 7) is -0.418. The molecule has 2 N–H and O–H groups in total. The number of rotatable bonds is 3. The molecule has 0 heterocycles. The highest BCUT2D eigenvalue weighted by molar-refractivity contribution is 5.79. The van der Waals surface area contributed by atoms with E-state index in [1.54, 1.807) is 0 Å². The smallest absolute Gasteiger partial charge is 0.315 e. The van der Waals surface area contributed by atoms with E-state index < -0.39 is 12.5 Å². The zero-order chi connectivity index (χ0) is 12.8. The van der Waals surface area contributed by atoms with Crippen LogP contribution >= 0.6 is 0 Å². The normalized spacial score (nSPS) is 40.6. The first-order valence-corrected chi connectivity index (χ1v) is 6.80. The Labute approximate surface area is 106 Å². The fraction of sp³-hybridized carbons (Fsp3) is 0.846. The van der Waals surface area contributed by atoms with Crippen LogP contribution in [-0.2, 0) is 4.79 Å². The lowest BCUT2D eigenvalue weighted by atomic mass is 9.53. The molecular formula is C13H19N2O3-. The molecule has 0 atom stereocenters. The minimum Gasteiger partial charge on any atom is -0.548 e. The standard InChI is InChI=1S/C13H20N2O3/c16-11(17)7-14-12(18)15-13-4-8-1-9(5-13)3-10(2-8)6-13/h8-10H,1-7H2,(H,16,17)(H2,14,15,18)/p-1. The minimum absolute atomic E-state index is 0.0647. The zero-order valence-corrected chi connectivity index (χ0v) is 10.4. The Hall–Kier alpha value is -1.26. The van der Waals surface area contributed by atoms with Crippen molar-refractivity contribution in [1.29, 1.82) is 0 Å². The van der Waals surface area contributed by atoms with Gasteiger partial charge in [0.2, 0.25) is 0 Å². The number of urea groups is 1. The third-order valence-corrected chi connectivity index (χ3v) is 4.81. The molecule has 4 saturated carbocycles. The Morgan fingerprint density at radius 3 is 2.00 bits per heavy atom. The number of aliphatic carboxylic acids is 1. The summed E-state index contributed by atoms with van der Waals surface area (Å²) in [6, 6.07) is -0.360. The van der Waals surface area contributed by atoms with E-state index >= 15 is 0 Å². The highest BCUT2D eigenvalue weighted by Crippen LogP contribution is 2.55. The first-order chi connectivity index (χ1) is 8.55. The lowest BCUT2D eigenvalue weighted by Crippen LogP contribution is -2.61. The number of hydrogen-bond acceptors (Lipinski definition) is 3. The fourth-order valence-corrected chi connectivity index (χ4v) is 4.70. The fourth-order valence-electron chi connectivity index (χ4n) is 4.70. The summed E-state index contributed by atoms with van der Waals surface area (Å²) in [5.74, 6) is 1.03. The quantitative estimate of drug-likeness (QED) is 0.741. The van der Waals surface area contributed by atoms with Gasteiger partial charge in [0.15, 0.2) is 0 Å². The van der Waals surface area contributed by atoms with Crippen LogP contribution in [-0.4, -0.2) is 24.1 Å². The molecule has 4 aliphatic rings. The Bertz CT molecular complexity index is 345. The molecule has 0 unspecified atom stereocenters. The van der Waals surface area contributed by atoms with Gasteiger partial charge in [0, 0.05) is 5.54 Å². The second kappa shape index (κ2) is 4.14. The molecule has 0 saturated heterocycles. The van der Waals surface area contributed by atoms with Gasteiger partial charge in [0.1, 0.15) is 0 Å². The molecule has 0 aromatic heterocycles. The maximum Gasteiger partial charge on any atom is 0.315 e. The number of carbonyl (C=O) groups excluding carboxylic acids is 2. The summed E-state index contributed by atoms with van der Waals surface area (Å²) in [5, 5.41) is 15.7. The first-order valence-electron chi connectivity index (χ1n) is 6.80. The van der Waals surface area contributed by atoms with Crippen molar-refractivity contribution < 1.29 is 14.7 Å². The third kappa shape index (κ3) is 2.18. The van der Waals surface area contributed by atoms with Crippen LogP contribution in [0.1, 0.15) is 38.5 Å². The number of carboxylic acids is 1. The van der Waals surface area contributed by atoms with Gasteiger partial charge in [-0.05, 0) is 56.3 Å². The van der Waals surface area contributed by atoms with Crippen LogP contribution in [0.4, 0.5) is 4.79 Å². The third-order valence-electron chi connectivity index (χ3n) is 4.81. The van der Waals surface area contributed by atoms with Gasteiger partial charge in [0.05, 0.1) is 12.5 Å². The van der Waals surface area contributed by atoms with Crippen molar-refractivity contribution >= 4 is 12.0 Å². The van der Waals surface area contributed by atoms with Crippen LogP contribution in [0.25, 0.3) is 0 Å². The molecule has 100 valence electrons. The maximum absolute atomic E-state index is 11.7. The molecule has 4 bridgehead atoms. The lowest BCUT2D eigenvalue weighted by molar-refractivity contribution is -0.303. The molecule has 0 aromatic carbocycles. The van der Waals surface area contributed by atoms with Gasteiger partial charge in [-0.3, -0.25) is 0 Å². The molecule has 5 nitrogen and oxygen atoms in total. The molecule has 18 heavy (non-hydrogen) atoms. The molecule has 4 rings (SSSR count). The second-order valence-corrected chi connectivity index (χ2v) is 6.38. The molecular weight excluding hydrogens is 232 g/mol. The van der Waals surface area contributed by atoms with E-state index in [1.807, 2.05) is 0 Å². The lowest BCUT2D eigenvalue weighted by Gasteiger charge is -2.56. The summed E-state index contributed by atoms with van der Waals surface area (Å²) < 4.78 is 0. The van der Waals surface area contributed by atoms with Gasteiger partial charge in [-0.25, -0.2) is 4.79 Å². The molecule has 0 aliphatic heterocycles. The molecule has 0 radical (unpaired) electrons. The largest absolute Gasteiger partial charge is 0.548 e. The average molecular weight is 251 g/mol. The predicted molar refractivity (Wildman–Crippen MR) is 62.4 cm³/mol. The maximum atomic E-state index is 11.7. The van der Waals surface area contributed by atoms with Crippen LogP contribution in [0.2, 0.25) is 0 Å². The van der Waals surface area contributed by atoms with E-state index in [0.717, 1.165) is 37.0 Å². The van der Waals surface area contributed by atoms with Crippen molar-refractivity contribution in [2.45, 2.75) is 44.1 Å². The van der Waals surface area contributed by atoms with E-state index in [4.69, 9.17) is 0 Å². The Kier molecular flexibility index (Phi) is 2.72. The predicted octanol–water partition coefficient (Wildman–Crippen LogP) is 0.00430. The summed E-state index contributed by atoms with van der Waals surface area (Å²) >= 11 is 0. The Balaban J connectivity index is 1.61. The van der Waals surface area contributed by atoms with Gasteiger partial charge < -0.3 is 20.5 Å². The number of carboxylic acid groups (broad SMARTS) is 1. The van der Waals surface area contributed by atoms with E-state index in [1.165, 1.54) is 19.3 Å².